The number of benzene rings is 1. The molecule has 8 heteroatoms. The zero-order valence-corrected chi connectivity index (χ0v) is 18.3. The van der Waals surface area contributed by atoms with Crippen LogP contribution < -0.4 is 10.0 Å². The summed E-state index contributed by atoms with van der Waals surface area (Å²) in [5, 5.41) is 2.59. The van der Waals surface area contributed by atoms with Gasteiger partial charge < -0.3 is 10.1 Å². The third-order valence-electron chi connectivity index (χ3n) is 5.52. The minimum absolute atomic E-state index is 0.0922. The van der Waals surface area contributed by atoms with Gasteiger partial charge in [0.15, 0.2) is 6.61 Å². The summed E-state index contributed by atoms with van der Waals surface area (Å²) in [6.07, 6.45) is 7.37. The van der Waals surface area contributed by atoms with E-state index in [9.17, 15) is 18.0 Å². The monoisotopic (exact) mass is 424 g/mol. The number of esters is 1. The first kappa shape index (κ1) is 23.3. The van der Waals surface area contributed by atoms with E-state index >= 15 is 0 Å². The molecule has 0 bridgehead atoms. The summed E-state index contributed by atoms with van der Waals surface area (Å²) in [6, 6.07) is 4.61. The van der Waals surface area contributed by atoms with Crippen LogP contribution in [0.3, 0.4) is 0 Å². The van der Waals surface area contributed by atoms with Crippen LogP contribution in [0.15, 0.2) is 23.1 Å². The lowest BCUT2D eigenvalue weighted by molar-refractivity contribution is -0.152. The Bertz CT molecular complexity index is 814. The standard InChI is InChI=1S/C21H32N2O5S/c1-4-5-6-16-8-10-17(11-9-16)21(25)28-14-20(24)23-18-12-7-15(2)19(13-18)29(26,27)22-3/h7,12-13,16-17,22H,4-6,8-11,14H2,1-3H3,(H,23,24). The van der Waals surface area contributed by atoms with Crippen molar-refractivity contribution in [2.75, 3.05) is 19.0 Å². The summed E-state index contributed by atoms with van der Waals surface area (Å²) < 4.78 is 31.5. The molecule has 1 aromatic rings. The van der Waals surface area contributed by atoms with Crippen LogP contribution in [0.25, 0.3) is 0 Å². The minimum Gasteiger partial charge on any atom is -0.455 e. The molecule has 0 aromatic heterocycles. The van der Waals surface area contributed by atoms with Crippen molar-refractivity contribution in [3.63, 3.8) is 0 Å². The van der Waals surface area contributed by atoms with Gasteiger partial charge in [0.2, 0.25) is 10.0 Å². The lowest BCUT2D eigenvalue weighted by Gasteiger charge is -2.27. The molecule has 1 aliphatic carbocycles. The summed E-state index contributed by atoms with van der Waals surface area (Å²) in [5.74, 6) is -0.248. The Balaban J connectivity index is 1.83. The maximum atomic E-state index is 12.3. The van der Waals surface area contributed by atoms with Gasteiger partial charge in [-0.05, 0) is 63.3 Å². The van der Waals surface area contributed by atoms with Gasteiger partial charge in [0.1, 0.15) is 0 Å². The van der Waals surface area contributed by atoms with Gasteiger partial charge in [-0.25, -0.2) is 13.1 Å². The second-order valence-electron chi connectivity index (χ2n) is 7.70. The zero-order chi connectivity index (χ0) is 21.4. The maximum absolute atomic E-state index is 12.3. The molecular formula is C21H32N2O5S. The van der Waals surface area contributed by atoms with Crippen molar-refractivity contribution in [3.8, 4) is 0 Å². The Morgan fingerprint density at radius 2 is 1.86 bits per heavy atom. The molecule has 2 rings (SSSR count). The Morgan fingerprint density at radius 3 is 2.48 bits per heavy atom. The van der Waals surface area contributed by atoms with E-state index < -0.39 is 15.9 Å². The molecule has 1 fully saturated rings. The van der Waals surface area contributed by atoms with Gasteiger partial charge in [-0.2, -0.15) is 0 Å². The van der Waals surface area contributed by atoms with Crippen molar-refractivity contribution in [1.82, 2.24) is 4.72 Å². The van der Waals surface area contributed by atoms with Gasteiger partial charge in [0.05, 0.1) is 10.8 Å². The van der Waals surface area contributed by atoms with Crippen molar-refractivity contribution < 1.29 is 22.7 Å². The molecule has 1 saturated carbocycles. The van der Waals surface area contributed by atoms with Crippen molar-refractivity contribution in [2.24, 2.45) is 11.8 Å². The Kier molecular flexibility index (Phi) is 8.64. The lowest BCUT2D eigenvalue weighted by atomic mass is 9.80. The third-order valence-corrected chi connectivity index (χ3v) is 7.08. The molecule has 1 aliphatic rings. The van der Waals surface area contributed by atoms with Gasteiger partial charge >= 0.3 is 5.97 Å². The minimum atomic E-state index is -3.62. The summed E-state index contributed by atoms with van der Waals surface area (Å²) in [6.45, 7) is 3.48. The van der Waals surface area contributed by atoms with Gasteiger partial charge in [-0.15, -0.1) is 0 Å². The Morgan fingerprint density at radius 1 is 1.17 bits per heavy atom. The van der Waals surface area contributed by atoms with Crippen LogP contribution in [-0.2, 0) is 24.3 Å². The number of nitrogens with one attached hydrogen (secondary N) is 2. The molecule has 0 atom stereocenters. The molecule has 1 aromatic carbocycles. The van der Waals surface area contributed by atoms with E-state index in [4.69, 9.17) is 4.74 Å². The van der Waals surface area contributed by atoms with Crippen molar-refractivity contribution in [3.05, 3.63) is 23.8 Å². The summed E-state index contributed by atoms with van der Waals surface area (Å²) >= 11 is 0. The molecule has 0 spiro atoms. The maximum Gasteiger partial charge on any atom is 0.309 e. The topological polar surface area (TPSA) is 102 Å². The fourth-order valence-corrected chi connectivity index (χ4v) is 4.70. The highest BCUT2D eigenvalue weighted by Gasteiger charge is 2.27. The number of sulfonamides is 1. The molecule has 2 N–H and O–H groups in total. The molecular weight excluding hydrogens is 392 g/mol. The molecule has 29 heavy (non-hydrogen) atoms. The van der Waals surface area contributed by atoms with Crippen LogP contribution >= 0.6 is 0 Å². The summed E-state index contributed by atoms with van der Waals surface area (Å²) in [7, 11) is -2.29. The van der Waals surface area contributed by atoms with E-state index in [0.29, 0.717) is 17.2 Å². The van der Waals surface area contributed by atoms with Crippen LogP contribution in [0.5, 0.6) is 0 Å². The molecule has 0 saturated heterocycles. The second kappa shape index (κ2) is 10.7. The normalized spacial score (nSPS) is 19.6. The number of unbranched alkanes of at least 4 members (excludes halogenated alkanes) is 1. The van der Waals surface area contributed by atoms with Crippen LogP contribution in [0.1, 0.15) is 57.4 Å². The number of anilines is 1. The van der Waals surface area contributed by atoms with E-state index in [2.05, 4.69) is 17.0 Å². The van der Waals surface area contributed by atoms with Crippen LogP contribution in [0.4, 0.5) is 5.69 Å². The zero-order valence-electron chi connectivity index (χ0n) is 17.5. The fraction of sp³-hybridized carbons (Fsp3) is 0.619. The van der Waals surface area contributed by atoms with E-state index in [1.165, 1.54) is 32.4 Å². The largest absolute Gasteiger partial charge is 0.455 e. The predicted octanol–water partition coefficient (Wildman–Crippen LogP) is 3.38. The summed E-state index contributed by atoms with van der Waals surface area (Å²) in [5.41, 5.74) is 0.903. The van der Waals surface area contributed by atoms with Gasteiger partial charge in [0, 0.05) is 5.69 Å². The second-order valence-corrected chi connectivity index (χ2v) is 9.56. The van der Waals surface area contributed by atoms with Gasteiger partial charge in [-0.1, -0.05) is 32.3 Å². The van der Waals surface area contributed by atoms with Gasteiger partial charge in [0.25, 0.3) is 5.91 Å². The molecule has 1 amide bonds. The molecule has 7 nitrogen and oxygen atoms in total. The number of hydrogen-bond acceptors (Lipinski definition) is 5. The average Bonchev–Trinajstić information content (AvgIpc) is 2.72. The SMILES string of the molecule is CCCCC1CCC(C(=O)OCC(=O)Nc2ccc(C)c(S(=O)(=O)NC)c2)CC1. The number of ether oxygens (including phenoxy) is 1. The van der Waals surface area contributed by atoms with Gasteiger partial charge in [-0.3, -0.25) is 9.59 Å². The highest BCUT2D eigenvalue weighted by atomic mass is 32.2. The van der Waals surface area contributed by atoms with Crippen molar-refractivity contribution in [1.29, 1.82) is 0 Å². The third kappa shape index (κ3) is 6.82. The average molecular weight is 425 g/mol. The Hall–Kier alpha value is -1.93. The highest BCUT2D eigenvalue weighted by Crippen LogP contribution is 2.32. The number of amides is 1. The number of hydrogen-bond donors (Lipinski definition) is 2. The predicted molar refractivity (Wildman–Crippen MR) is 112 cm³/mol. The first-order valence-corrected chi connectivity index (χ1v) is 11.8. The number of aryl methyl sites for hydroxylation is 1. The molecule has 0 heterocycles. The van der Waals surface area contributed by atoms with Crippen LogP contribution in [0.2, 0.25) is 0 Å². The number of rotatable bonds is 9. The molecule has 0 radical (unpaired) electrons. The van der Waals surface area contributed by atoms with Crippen LogP contribution in [-0.4, -0.2) is 33.9 Å². The number of carbonyl (C=O) groups is 2. The molecule has 162 valence electrons. The van der Waals surface area contributed by atoms with E-state index in [1.54, 1.807) is 19.1 Å². The van der Waals surface area contributed by atoms with E-state index in [1.807, 2.05) is 0 Å². The molecule has 0 aliphatic heterocycles. The lowest BCUT2D eigenvalue weighted by Crippen LogP contribution is -2.27. The highest BCUT2D eigenvalue weighted by molar-refractivity contribution is 7.89. The van der Waals surface area contributed by atoms with Crippen molar-refractivity contribution >= 4 is 27.6 Å². The van der Waals surface area contributed by atoms with E-state index in [-0.39, 0.29) is 23.4 Å². The number of carbonyl (C=O) groups excluding carboxylic acids is 2. The first-order valence-electron chi connectivity index (χ1n) is 10.3. The first-order chi connectivity index (χ1) is 13.8. The quantitative estimate of drug-likeness (QED) is 0.592. The summed E-state index contributed by atoms with van der Waals surface area (Å²) in [4.78, 5) is 24.5. The fourth-order valence-electron chi connectivity index (χ4n) is 3.71. The van der Waals surface area contributed by atoms with E-state index in [0.717, 1.165) is 25.7 Å². The Labute approximate surface area is 173 Å². The van der Waals surface area contributed by atoms with Crippen molar-refractivity contribution in [2.45, 2.75) is 63.7 Å². The molecule has 0 unspecified atom stereocenters. The smallest absolute Gasteiger partial charge is 0.309 e. The van der Waals surface area contributed by atoms with Crippen LogP contribution in [0, 0.1) is 18.8 Å².